The summed E-state index contributed by atoms with van der Waals surface area (Å²) in [4.78, 5) is 10.9. The van der Waals surface area contributed by atoms with Crippen molar-refractivity contribution >= 4 is 5.97 Å². The van der Waals surface area contributed by atoms with Gasteiger partial charge in [-0.3, -0.25) is 4.79 Å². The summed E-state index contributed by atoms with van der Waals surface area (Å²) < 4.78 is 9.70. The van der Waals surface area contributed by atoms with Crippen LogP contribution >= 0.6 is 0 Å². The van der Waals surface area contributed by atoms with Gasteiger partial charge in [-0.1, -0.05) is 12.2 Å². The second-order valence-electron chi connectivity index (χ2n) is 3.05. The maximum Gasteiger partial charge on any atom is 0.308 e. The number of hydrogen-bond donors (Lipinski definition) is 2. The highest BCUT2D eigenvalue weighted by Crippen LogP contribution is 2.15. The van der Waals surface area contributed by atoms with Crippen molar-refractivity contribution in [1.29, 1.82) is 0 Å². The normalized spacial score (nSPS) is 31.5. The molecule has 0 fully saturated rings. The molecule has 14 heavy (non-hydrogen) atoms. The van der Waals surface area contributed by atoms with Crippen LogP contribution in [0.3, 0.4) is 0 Å². The summed E-state index contributed by atoms with van der Waals surface area (Å²) in [5, 5.41) is 18.1. The van der Waals surface area contributed by atoms with Gasteiger partial charge in [-0.15, -0.1) is 0 Å². The number of rotatable bonds is 3. The second-order valence-corrected chi connectivity index (χ2v) is 3.05. The number of esters is 1. The van der Waals surface area contributed by atoms with Gasteiger partial charge < -0.3 is 19.7 Å². The van der Waals surface area contributed by atoms with Gasteiger partial charge in [0.25, 0.3) is 0 Å². The highest BCUT2D eigenvalue weighted by molar-refractivity contribution is 5.70. The summed E-state index contributed by atoms with van der Waals surface area (Å²) in [5.74, 6) is -0.382. The first kappa shape index (κ1) is 11.2. The molecule has 3 atom stereocenters. The number of aliphatic hydroxyl groups excluding tert-OH is 2. The number of hydrogen-bond acceptors (Lipinski definition) is 5. The van der Waals surface area contributed by atoms with E-state index in [-0.39, 0.29) is 19.0 Å². The molecule has 2 N–H and O–H groups in total. The highest BCUT2D eigenvalue weighted by Gasteiger charge is 2.26. The number of ether oxygens (including phenoxy) is 2. The van der Waals surface area contributed by atoms with E-state index in [4.69, 9.17) is 9.84 Å². The van der Waals surface area contributed by atoms with E-state index in [1.54, 1.807) is 6.08 Å². The second kappa shape index (κ2) is 5.09. The van der Waals surface area contributed by atoms with Crippen LogP contribution in [0, 0.1) is 0 Å². The Balaban J connectivity index is 2.49. The Morgan fingerprint density at radius 1 is 1.57 bits per heavy atom. The standard InChI is InChI=1S/C9H14O5/c1-13-9(12)4-6-2-3-7(11)8(5-10)14-6/h2-3,6-8,10-11H,4-5H2,1H3/t6-,7+,8-/m1/s1. The molecule has 1 heterocycles. The van der Waals surface area contributed by atoms with Gasteiger partial charge in [0.2, 0.25) is 0 Å². The van der Waals surface area contributed by atoms with Crippen LogP contribution in [-0.2, 0) is 14.3 Å². The summed E-state index contributed by atoms with van der Waals surface area (Å²) in [6, 6.07) is 0. The van der Waals surface area contributed by atoms with E-state index in [0.717, 1.165) is 0 Å². The van der Waals surface area contributed by atoms with Crippen molar-refractivity contribution in [1.82, 2.24) is 0 Å². The minimum Gasteiger partial charge on any atom is -0.469 e. The van der Waals surface area contributed by atoms with Gasteiger partial charge in [-0.25, -0.2) is 0 Å². The molecule has 5 nitrogen and oxygen atoms in total. The van der Waals surface area contributed by atoms with Gasteiger partial charge in [-0.2, -0.15) is 0 Å². The van der Waals surface area contributed by atoms with Gasteiger partial charge in [-0.05, 0) is 0 Å². The number of carbonyl (C=O) groups is 1. The van der Waals surface area contributed by atoms with Crippen LogP contribution in [0.1, 0.15) is 6.42 Å². The van der Waals surface area contributed by atoms with Gasteiger partial charge in [0, 0.05) is 0 Å². The van der Waals surface area contributed by atoms with Crippen LogP contribution in [0.4, 0.5) is 0 Å². The molecule has 0 saturated heterocycles. The Bertz CT molecular complexity index is 225. The third-order valence-electron chi connectivity index (χ3n) is 2.03. The Morgan fingerprint density at radius 3 is 2.86 bits per heavy atom. The van der Waals surface area contributed by atoms with E-state index in [2.05, 4.69) is 4.74 Å². The summed E-state index contributed by atoms with van der Waals surface area (Å²) in [6.07, 6.45) is 1.30. The van der Waals surface area contributed by atoms with E-state index >= 15 is 0 Å². The highest BCUT2D eigenvalue weighted by atomic mass is 16.5. The zero-order valence-electron chi connectivity index (χ0n) is 7.92. The molecule has 80 valence electrons. The fourth-order valence-electron chi connectivity index (χ4n) is 1.23. The quantitative estimate of drug-likeness (QED) is 0.464. The van der Waals surface area contributed by atoms with E-state index in [1.807, 2.05) is 0 Å². The summed E-state index contributed by atoms with van der Waals surface area (Å²) in [7, 11) is 1.30. The van der Waals surface area contributed by atoms with E-state index < -0.39 is 18.3 Å². The zero-order valence-corrected chi connectivity index (χ0v) is 7.92. The molecule has 5 heteroatoms. The number of methoxy groups -OCH3 is 1. The first-order valence-electron chi connectivity index (χ1n) is 4.37. The molecule has 0 saturated carbocycles. The average molecular weight is 202 g/mol. The predicted molar refractivity (Wildman–Crippen MR) is 47.5 cm³/mol. The Morgan fingerprint density at radius 2 is 2.29 bits per heavy atom. The minimum atomic E-state index is -0.811. The summed E-state index contributed by atoms with van der Waals surface area (Å²) in [5.41, 5.74) is 0. The van der Waals surface area contributed by atoms with Gasteiger partial charge in [0.05, 0.1) is 26.2 Å². The lowest BCUT2D eigenvalue weighted by atomic mass is 10.1. The maximum absolute atomic E-state index is 10.9. The first-order valence-corrected chi connectivity index (χ1v) is 4.37. The van der Waals surface area contributed by atoms with E-state index in [0.29, 0.717) is 0 Å². The maximum atomic E-state index is 10.9. The molecular formula is C9H14O5. The van der Waals surface area contributed by atoms with Crippen molar-refractivity contribution < 1.29 is 24.5 Å². The molecule has 0 aromatic heterocycles. The largest absolute Gasteiger partial charge is 0.469 e. The molecule has 1 aliphatic rings. The number of aliphatic hydroxyl groups is 2. The molecule has 0 aromatic rings. The lowest BCUT2D eigenvalue weighted by molar-refractivity contribution is -0.146. The van der Waals surface area contributed by atoms with Crippen LogP contribution in [0.5, 0.6) is 0 Å². The van der Waals surface area contributed by atoms with Crippen molar-refractivity contribution in [2.45, 2.75) is 24.7 Å². The predicted octanol–water partition coefficient (Wildman–Crippen LogP) is -0.774. The van der Waals surface area contributed by atoms with Crippen molar-refractivity contribution in [3.05, 3.63) is 12.2 Å². The SMILES string of the molecule is COC(=O)C[C@H]1C=C[C@H](O)[C@@H](CO)O1. The summed E-state index contributed by atoms with van der Waals surface area (Å²) in [6.45, 7) is -0.275. The lowest BCUT2D eigenvalue weighted by Gasteiger charge is -2.27. The van der Waals surface area contributed by atoms with E-state index in [9.17, 15) is 9.90 Å². The Labute approximate surface area is 81.9 Å². The Hall–Kier alpha value is -0.910. The van der Waals surface area contributed by atoms with Crippen molar-refractivity contribution in [2.24, 2.45) is 0 Å². The third kappa shape index (κ3) is 2.80. The molecule has 0 radical (unpaired) electrons. The fraction of sp³-hybridized carbons (Fsp3) is 0.667. The fourth-order valence-corrected chi connectivity index (χ4v) is 1.23. The van der Waals surface area contributed by atoms with Crippen LogP contribution < -0.4 is 0 Å². The van der Waals surface area contributed by atoms with Gasteiger partial charge in [0.1, 0.15) is 12.2 Å². The van der Waals surface area contributed by atoms with Gasteiger partial charge in [0.15, 0.2) is 0 Å². The topological polar surface area (TPSA) is 76.0 Å². The molecule has 0 unspecified atom stereocenters. The van der Waals surface area contributed by atoms with E-state index in [1.165, 1.54) is 13.2 Å². The third-order valence-corrected chi connectivity index (χ3v) is 2.03. The smallest absolute Gasteiger partial charge is 0.308 e. The summed E-state index contributed by atoms with van der Waals surface area (Å²) >= 11 is 0. The van der Waals surface area contributed by atoms with Crippen LogP contribution in [0.25, 0.3) is 0 Å². The molecule has 0 spiro atoms. The lowest BCUT2D eigenvalue weighted by Crippen LogP contribution is -2.38. The minimum absolute atomic E-state index is 0.0935. The van der Waals surface area contributed by atoms with Crippen molar-refractivity contribution in [3.63, 3.8) is 0 Å². The van der Waals surface area contributed by atoms with Crippen molar-refractivity contribution in [2.75, 3.05) is 13.7 Å². The zero-order chi connectivity index (χ0) is 10.6. The molecule has 1 rings (SSSR count). The molecule has 0 aromatic carbocycles. The van der Waals surface area contributed by atoms with Crippen LogP contribution in [-0.4, -0.2) is 48.2 Å². The number of carbonyl (C=O) groups excluding carboxylic acids is 1. The molecule has 0 aliphatic carbocycles. The van der Waals surface area contributed by atoms with Crippen LogP contribution in [0.2, 0.25) is 0 Å². The molecular weight excluding hydrogens is 188 g/mol. The molecule has 1 aliphatic heterocycles. The van der Waals surface area contributed by atoms with Crippen LogP contribution in [0.15, 0.2) is 12.2 Å². The van der Waals surface area contributed by atoms with Crippen molar-refractivity contribution in [3.8, 4) is 0 Å². The molecule has 0 amide bonds. The molecule has 0 bridgehead atoms. The average Bonchev–Trinajstić information content (AvgIpc) is 2.20. The Kier molecular flexibility index (Phi) is 4.06. The monoisotopic (exact) mass is 202 g/mol. The van der Waals surface area contributed by atoms with Gasteiger partial charge >= 0.3 is 5.97 Å². The first-order chi connectivity index (χ1) is 6.67.